The predicted octanol–water partition coefficient (Wildman–Crippen LogP) is 2.39. The minimum Gasteiger partial charge on any atom is -0.481 e. The van der Waals surface area contributed by atoms with Crippen LogP contribution in [0.1, 0.15) is 10.5 Å². The van der Waals surface area contributed by atoms with E-state index in [1.165, 1.54) is 30.6 Å². The van der Waals surface area contributed by atoms with Crippen LogP contribution in [0.4, 0.5) is 0 Å². The molecule has 0 atom stereocenters. The lowest BCUT2D eigenvalue weighted by Crippen LogP contribution is -2.33. The number of carbonyl (C=O) groups is 3. The van der Waals surface area contributed by atoms with Crippen LogP contribution < -0.4 is 11.2 Å². The van der Waals surface area contributed by atoms with Crippen molar-refractivity contribution in [3.8, 4) is 11.1 Å². The number of hydrogen-bond acceptors (Lipinski definition) is 8. The van der Waals surface area contributed by atoms with Crippen LogP contribution in [0.15, 0.2) is 74.0 Å². The standard InChI is InChI=1S/C22H18N2O7S2/c1-24-17(10-18(25)23-22(24)30)21(29)31-20(28)12-33-16-8-4-14(5-9-16)13-2-6-15(7-3-13)32-11-19(26)27/h2-10H,11-12H2,1H3,(H,26,27)(H,23,25,30). The summed E-state index contributed by atoms with van der Waals surface area (Å²) in [6.07, 6.45) is 0. The number of nitrogens with zero attached hydrogens (tertiary/aromatic N) is 1. The van der Waals surface area contributed by atoms with E-state index in [4.69, 9.17) is 9.84 Å². The van der Waals surface area contributed by atoms with E-state index in [0.717, 1.165) is 31.6 Å². The molecule has 2 aromatic carbocycles. The second-order valence-corrected chi connectivity index (χ2v) is 8.76. The molecule has 0 aliphatic rings. The number of aromatic amines is 1. The van der Waals surface area contributed by atoms with Crippen molar-refractivity contribution in [2.45, 2.75) is 9.79 Å². The van der Waals surface area contributed by atoms with Gasteiger partial charge in [-0.25, -0.2) is 9.59 Å². The Kier molecular flexibility index (Phi) is 7.91. The minimum absolute atomic E-state index is 0.00105. The van der Waals surface area contributed by atoms with Crippen LogP contribution in [-0.4, -0.2) is 44.1 Å². The van der Waals surface area contributed by atoms with E-state index in [-0.39, 0.29) is 17.2 Å². The van der Waals surface area contributed by atoms with Crippen LogP contribution in [0.5, 0.6) is 0 Å². The molecule has 0 fully saturated rings. The van der Waals surface area contributed by atoms with Gasteiger partial charge in [0.25, 0.3) is 5.56 Å². The average molecular weight is 487 g/mol. The van der Waals surface area contributed by atoms with Crippen LogP contribution in [0, 0.1) is 0 Å². The fourth-order valence-corrected chi connectivity index (χ4v) is 4.00. The second-order valence-electron chi connectivity index (χ2n) is 6.66. The topological polar surface area (TPSA) is 136 Å². The average Bonchev–Trinajstić information content (AvgIpc) is 2.79. The number of carboxylic acids is 1. The van der Waals surface area contributed by atoms with Gasteiger partial charge in [0.2, 0.25) is 0 Å². The smallest absolute Gasteiger partial charge is 0.362 e. The third kappa shape index (κ3) is 6.70. The number of esters is 2. The first-order valence-corrected chi connectivity index (χ1v) is 11.4. The molecule has 3 aromatic rings. The van der Waals surface area contributed by atoms with Crippen molar-refractivity contribution in [3.63, 3.8) is 0 Å². The number of ether oxygens (including phenoxy) is 1. The molecular weight excluding hydrogens is 468 g/mol. The molecular formula is C22H18N2O7S2. The van der Waals surface area contributed by atoms with Crippen molar-refractivity contribution in [3.05, 3.63) is 81.1 Å². The lowest BCUT2D eigenvalue weighted by molar-refractivity contribution is -0.135. The van der Waals surface area contributed by atoms with E-state index >= 15 is 0 Å². The van der Waals surface area contributed by atoms with Crippen LogP contribution in [0.3, 0.4) is 0 Å². The quantitative estimate of drug-likeness (QED) is 0.279. The van der Waals surface area contributed by atoms with Crippen molar-refractivity contribution in [2.24, 2.45) is 7.05 Å². The normalized spacial score (nSPS) is 10.6. The van der Waals surface area contributed by atoms with E-state index in [1.54, 1.807) is 0 Å². The molecule has 0 spiro atoms. The minimum atomic E-state index is -1.08. The summed E-state index contributed by atoms with van der Waals surface area (Å²) in [6.45, 7) is 0. The number of aromatic nitrogens is 2. The van der Waals surface area contributed by atoms with E-state index in [2.05, 4.69) is 0 Å². The summed E-state index contributed by atoms with van der Waals surface area (Å²) < 4.78 is 5.63. The zero-order valence-electron chi connectivity index (χ0n) is 17.3. The molecule has 0 amide bonds. The monoisotopic (exact) mass is 486 g/mol. The molecule has 0 saturated carbocycles. The van der Waals surface area contributed by atoms with Crippen molar-refractivity contribution in [2.75, 3.05) is 11.5 Å². The first kappa shape index (κ1) is 24.1. The summed E-state index contributed by atoms with van der Waals surface area (Å²) in [7, 11) is 1.28. The SMILES string of the molecule is Cn1c(C(=O)OC(=O)CSc2ccc(-c3ccc(SCC(=O)O)cc3)cc2)cc(=O)[nH]c1=O. The maximum absolute atomic E-state index is 12.1. The van der Waals surface area contributed by atoms with Crippen molar-refractivity contribution in [1.29, 1.82) is 0 Å². The first-order chi connectivity index (χ1) is 15.7. The highest BCUT2D eigenvalue weighted by Crippen LogP contribution is 2.26. The Morgan fingerprint density at radius 2 is 1.42 bits per heavy atom. The predicted molar refractivity (Wildman–Crippen MR) is 124 cm³/mol. The number of nitrogens with one attached hydrogen (secondary N) is 1. The molecule has 0 aliphatic carbocycles. The van der Waals surface area contributed by atoms with Gasteiger partial charge >= 0.3 is 23.6 Å². The second kappa shape index (κ2) is 10.8. The lowest BCUT2D eigenvalue weighted by Gasteiger charge is -2.07. The summed E-state index contributed by atoms with van der Waals surface area (Å²) in [5, 5.41) is 8.74. The third-order valence-electron chi connectivity index (χ3n) is 4.34. The molecule has 1 aromatic heterocycles. The number of aliphatic carboxylic acids is 1. The number of rotatable bonds is 8. The van der Waals surface area contributed by atoms with Gasteiger partial charge in [-0.05, 0) is 35.4 Å². The van der Waals surface area contributed by atoms with E-state index in [1.807, 2.05) is 53.5 Å². The molecule has 0 radical (unpaired) electrons. The highest BCUT2D eigenvalue weighted by atomic mass is 32.2. The van der Waals surface area contributed by atoms with Gasteiger partial charge in [0.15, 0.2) is 0 Å². The summed E-state index contributed by atoms with van der Waals surface area (Å²) in [5.74, 6) is -2.90. The number of benzene rings is 2. The van der Waals surface area contributed by atoms with Crippen LogP contribution in [0.25, 0.3) is 11.1 Å². The van der Waals surface area contributed by atoms with Crippen molar-refractivity contribution >= 4 is 41.4 Å². The van der Waals surface area contributed by atoms with E-state index < -0.39 is 29.2 Å². The van der Waals surface area contributed by atoms with E-state index in [9.17, 15) is 24.0 Å². The summed E-state index contributed by atoms with van der Waals surface area (Å²) in [4.78, 5) is 61.3. The fourth-order valence-electron chi connectivity index (χ4n) is 2.71. The number of H-pyrrole nitrogens is 1. The first-order valence-electron chi connectivity index (χ1n) is 9.46. The molecule has 33 heavy (non-hydrogen) atoms. The van der Waals surface area contributed by atoms with Gasteiger partial charge in [-0.2, -0.15) is 0 Å². The Bertz CT molecular complexity index is 1300. The molecule has 0 bridgehead atoms. The Morgan fingerprint density at radius 3 is 1.94 bits per heavy atom. The maximum Gasteiger partial charge on any atom is 0.362 e. The maximum atomic E-state index is 12.1. The molecule has 11 heteroatoms. The molecule has 3 rings (SSSR count). The fraction of sp³-hybridized carbons (Fsp3) is 0.136. The van der Waals surface area contributed by atoms with Gasteiger partial charge in [-0.15, -0.1) is 23.5 Å². The summed E-state index contributed by atoms with van der Waals surface area (Å²) >= 11 is 2.41. The van der Waals surface area contributed by atoms with Crippen LogP contribution in [-0.2, 0) is 21.4 Å². The summed E-state index contributed by atoms with van der Waals surface area (Å²) in [6, 6.07) is 15.8. The van der Waals surface area contributed by atoms with Crippen LogP contribution >= 0.6 is 23.5 Å². The Hall–Kier alpha value is -3.57. The largest absolute Gasteiger partial charge is 0.481 e. The summed E-state index contributed by atoms with van der Waals surface area (Å²) in [5.41, 5.74) is 0.0336. The van der Waals surface area contributed by atoms with Gasteiger partial charge < -0.3 is 9.84 Å². The lowest BCUT2D eigenvalue weighted by atomic mass is 10.1. The van der Waals surface area contributed by atoms with Gasteiger partial charge in [-0.1, -0.05) is 24.3 Å². The highest BCUT2D eigenvalue weighted by molar-refractivity contribution is 8.00. The number of hydrogen-bond donors (Lipinski definition) is 2. The van der Waals surface area contributed by atoms with Gasteiger partial charge in [0, 0.05) is 22.9 Å². The van der Waals surface area contributed by atoms with Crippen molar-refractivity contribution in [1.82, 2.24) is 9.55 Å². The Balaban J connectivity index is 1.55. The number of carbonyl (C=O) groups excluding carboxylic acids is 2. The number of carboxylic acid groups (broad SMARTS) is 1. The van der Waals surface area contributed by atoms with Gasteiger partial charge in [0.05, 0.1) is 11.5 Å². The zero-order valence-corrected chi connectivity index (χ0v) is 18.9. The molecule has 0 unspecified atom stereocenters. The van der Waals surface area contributed by atoms with Gasteiger partial charge in [-0.3, -0.25) is 23.9 Å². The zero-order chi connectivity index (χ0) is 24.0. The molecule has 170 valence electrons. The number of thioether (sulfide) groups is 2. The molecule has 0 aliphatic heterocycles. The molecule has 1 heterocycles. The Morgan fingerprint density at radius 1 is 0.909 bits per heavy atom. The van der Waals surface area contributed by atoms with E-state index in [0.29, 0.717) is 0 Å². The third-order valence-corrected chi connectivity index (χ3v) is 6.32. The molecule has 9 nitrogen and oxygen atoms in total. The Labute approximate surface area is 195 Å². The molecule has 0 saturated heterocycles. The van der Waals surface area contributed by atoms with Crippen molar-refractivity contribution < 1.29 is 24.2 Å². The van der Waals surface area contributed by atoms with Gasteiger partial charge in [0.1, 0.15) is 5.69 Å². The highest BCUT2D eigenvalue weighted by Gasteiger charge is 2.17. The van der Waals surface area contributed by atoms with Crippen LogP contribution in [0.2, 0.25) is 0 Å². The molecule has 2 N–H and O–H groups in total.